The van der Waals surface area contributed by atoms with Crippen molar-refractivity contribution in [3.05, 3.63) is 146 Å². The molecule has 4 aromatic carbocycles. The van der Waals surface area contributed by atoms with Crippen LogP contribution in [0.3, 0.4) is 0 Å². The zero-order chi connectivity index (χ0) is 30.0. The number of aromatic nitrogens is 6. The molecule has 0 unspecified atom stereocenters. The minimum Gasteiger partial charge on any atom is -0.436 e. The van der Waals surface area contributed by atoms with E-state index in [4.69, 9.17) is 19.4 Å². The fourth-order valence-electron chi connectivity index (χ4n) is 5.23. The van der Waals surface area contributed by atoms with Gasteiger partial charge >= 0.3 is 0 Å². The predicted octanol–water partition coefficient (Wildman–Crippen LogP) is 8.80. The fourth-order valence-corrected chi connectivity index (χ4v) is 5.23. The summed E-state index contributed by atoms with van der Waals surface area (Å²) in [5.41, 5.74) is 9.51. The first-order valence-electron chi connectivity index (χ1n) is 14.5. The monoisotopic (exact) mass is 580 g/mol. The summed E-state index contributed by atoms with van der Waals surface area (Å²) in [6.45, 7) is 0. The van der Waals surface area contributed by atoms with Gasteiger partial charge in [0.05, 0.1) is 0 Å². The van der Waals surface area contributed by atoms with Crippen LogP contribution in [0.25, 0.3) is 79.0 Å². The quantitative estimate of drug-likeness (QED) is 0.194. The van der Waals surface area contributed by atoms with Crippen molar-refractivity contribution in [1.29, 1.82) is 0 Å². The van der Waals surface area contributed by atoms with Gasteiger partial charge in [-0.1, -0.05) is 72.8 Å². The first-order valence-corrected chi connectivity index (χ1v) is 14.5. The summed E-state index contributed by atoms with van der Waals surface area (Å²) in [4.78, 5) is 27.7. The molecule has 8 rings (SSSR count). The molecule has 0 bridgehead atoms. The minimum absolute atomic E-state index is 0.573. The van der Waals surface area contributed by atoms with Crippen molar-refractivity contribution < 1.29 is 4.42 Å². The van der Waals surface area contributed by atoms with Gasteiger partial charge in [-0.2, -0.15) is 0 Å². The Balaban J connectivity index is 1.18. The molecule has 4 heterocycles. The minimum atomic E-state index is 0.573. The fraction of sp³-hybridized carbons (Fsp3) is 0. The lowest BCUT2D eigenvalue weighted by atomic mass is 10.0. The number of fused-ring (bicyclic) bond motifs is 1. The van der Waals surface area contributed by atoms with Crippen molar-refractivity contribution in [2.24, 2.45) is 0 Å². The number of hydrogen-bond donors (Lipinski definition) is 0. The van der Waals surface area contributed by atoms with Crippen molar-refractivity contribution in [3.8, 4) is 67.9 Å². The van der Waals surface area contributed by atoms with Gasteiger partial charge < -0.3 is 4.42 Å². The maximum Gasteiger partial charge on any atom is 0.227 e. The smallest absolute Gasteiger partial charge is 0.227 e. The summed E-state index contributed by atoms with van der Waals surface area (Å²) in [7, 11) is 0. The lowest BCUT2D eigenvalue weighted by Crippen LogP contribution is -2.00. The Hall–Kier alpha value is -6.34. The number of rotatable bonds is 6. The van der Waals surface area contributed by atoms with Gasteiger partial charge in [0.15, 0.2) is 23.1 Å². The molecular formula is C38H24N6O. The summed E-state index contributed by atoms with van der Waals surface area (Å²) >= 11 is 0. The molecule has 45 heavy (non-hydrogen) atoms. The van der Waals surface area contributed by atoms with Crippen LogP contribution < -0.4 is 0 Å². The highest BCUT2D eigenvalue weighted by molar-refractivity contribution is 5.77. The summed E-state index contributed by atoms with van der Waals surface area (Å²) in [6, 6.07) is 40.2. The average molecular weight is 581 g/mol. The first-order chi connectivity index (χ1) is 22.3. The molecule has 0 aliphatic rings. The largest absolute Gasteiger partial charge is 0.436 e. The Morgan fingerprint density at radius 2 is 0.711 bits per heavy atom. The number of oxazole rings is 1. The zero-order valence-electron chi connectivity index (χ0n) is 23.9. The van der Waals surface area contributed by atoms with E-state index in [1.807, 2.05) is 97.1 Å². The van der Waals surface area contributed by atoms with Gasteiger partial charge in [0, 0.05) is 47.0 Å². The van der Waals surface area contributed by atoms with E-state index in [1.54, 1.807) is 24.8 Å². The van der Waals surface area contributed by atoms with E-state index in [0.29, 0.717) is 23.4 Å². The van der Waals surface area contributed by atoms with E-state index in [2.05, 4.69) is 39.2 Å². The molecule has 0 radical (unpaired) electrons. The van der Waals surface area contributed by atoms with Crippen LogP contribution in [0.5, 0.6) is 0 Å². The van der Waals surface area contributed by atoms with E-state index < -0.39 is 0 Å². The van der Waals surface area contributed by atoms with Crippen LogP contribution >= 0.6 is 0 Å². The highest BCUT2D eigenvalue weighted by atomic mass is 16.3. The number of benzene rings is 4. The topological polar surface area (TPSA) is 90.5 Å². The Morgan fingerprint density at radius 3 is 1.16 bits per heavy atom. The molecule has 7 nitrogen and oxygen atoms in total. The van der Waals surface area contributed by atoms with Crippen LogP contribution in [-0.4, -0.2) is 29.9 Å². The maximum atomic E-state index is 5.98. The van der Waals surface area contributed by atoms with Gasteiger partial charge in [-0.25, -0.2) is 19.9 Å². The molecule has 212 valence electrons. The van der Waals surface area contributed by atoms with Gasteiger partial charge in [-0.05, 0) is 70.8 Å². The third-order valence-corrected chi connectivity index (χ3v) is 7.63. The zero-order valence-corrected chi connectivity index (χ0v) is 23.9. The third-order valence-electron chi connectivity index (χ3n) is 7.63. The summed E-state index contributed by atoms with van der Waals surface area (Å²) in [5, 5.41) is 0. The van der Waals surface area contributed by atoms with E-state index in [1.165, 1.54) is 0 Å². The molecule has 0 saturated heterocycles. The predicted molar refractivity (Wildman–Crippen MR) is 176 cm³/mol. The standard InChI is InChI=1S/C38H24N6O/c1-2-4-34-33(3-1)41-38(45-34)32-15-13-31(14-16-32)37-43-35(29-9-5-25(6-10-29)27-17-21-39-22-18-27)42-36(44-37)30-11-7-26(8-12-30)28-19-23-40-24-20-28/h1-24H. The Bertz CT molecular complexity index is 2100. The Morgan fingerprint density at radius 1 is 0.333 bits per heavy atom. The molecule has 0 fully saturated rings. The number of para-hydroxylation sites is 2. The normalized spacial score (nSPS) is 11.1. The van der Waals surface area contributed by atoms with Gasteiger partial charge in [-0.15, -0.1) is 0 Å². The van der Waals surface area contributed by atoms with Crippen molar-refractivity contribution in [2.75, 3.05) is 0 Å². The Kier molecular flexibility index (Phi) is 6.66. The Labute approximate surface area is 259 Å². The van der Waals surface area contributed by atoms with Crippen molar-refractivity contribution in [1.82, 2.24) is 29.9 Å². The second kappa shape index (κ2) is 11.4. The van der Waals surface area contributed by atoms with Crippen LogP contribution in [-0.2, 0) is 0 Å². The molecule has 0 spiro atoms. The molecule has 7 heteroatoms. The van der Waals surface area contributed by atoms with Crippen molar-refractivity contribution in [3.63, 3.8) is 0 Å². The number of pyridine rings is 2. The second-order valence-corrected chi connectivity index (χ2v) is 10.5. The van der Waals surface area contributed by atoms with Gasteiger partial charge in [-0.3, -0.25) is 9.97 Å². The highest BCUT2D eigenvalue weighted by Gasteiger charge is 2.14. The number of hydrogen-bond acceptors (Lipinski definition) is 7. The number of nitrogens with zero attached hydrogens (tertiary/aromatic N) is 6. The molecule has 0 aliphatic carbocycles. The summed E-state index contributed by atoms with van der Waals surface area (Å²) in [5.74, 6) is 2.34. The van der Waals surface area contributed by atoms with Gasteiger partial charge in [0.1, 0.15) is 5.52 Å². The van der Waals surface area contributed by atoms with E-state index in [-0.39, 0.29) is 0 Å². The SMILES string of the molecule is c1ccc2oc(-c3ccc(-c4nc(-c5ccc(-c6ccncc6)cc5)nc(-c5ccc(-c6ccncc6)cc5)n4)cc3)nc2c1. The van der Waals surface area contributed by atoms with Crippen molar-refractivity contribution >= 4 is 11.1 Å². The first kappa shape index (κ1) is 26.3. The molecule has 0 aliphatic heterocycles. The molecule has 4 aromatic heterocycles. The molecule has 8 aromatic rings. The molecule has 0 amide bonds. The van der Waals surface area contributed by atoms with E-state index in [0.717, 1.165) is 55.6 Å². The van der Waals surface area contributed by atoms with Crippen LogP contribution in [0, 0.1) is 0 Å². The maximum absolute atomic E-state index is 5.98. The molecule has 0 atom stereocenters. The van der Waals surface area contributed by atoms with Crippen LogP contribution in [0.2, 0.25) is 0 Å². The second-order valence-electron chi connectivity index (χ2n) is 10.5. The molecule has 0 saturated carbocycles. The molecule has 0 N–H and O–H groups in total. The lowest BCUT2D eigenvalue weighted by molar-refractivity contribution is 0.620. The van der Waals surface area contributed by atoms with Crippen molar-refractivity contribution in [2.45, 2.75) is 0 Å². The van der Waals surface area contributed by atoms with E-state index >= 15 is 0 Å². The third kappa shape index (κ3) is 5.34. The van der Waals surface area contributed by atoms with Crippen LogP contribution in [0.1, 0.15) is 0 Å². The molecular weight excluding hydrogens is 556 g/mol. The van der Waals surface area contributed by atoms with Crippen LogP contribution in [0.15, 0.2) is 151 Å². The average Bonchev–Trinajstić information content (AvgIpc) is 3.57. The van der Waals surface area contributed by atoms with E-state index in [9.17, 15) is 0 Å². The van der Waals surface area contributed by atoms with Crippen LogP contribution in [0.4, 0.5) is 0 Å². The summed E-state index contributed by atoms with van der Waals surface area (Å²) < 4.78 is 5.98. The van der Waals surface area contributed by atoms with Gasteiger partial charge in [0.25, 0.3) is 0 Å². The van der Waals surface area contributed by atoms with Gasteiger partial charge in [0.2, 0.25) is 5.89 Å². The highest BCUT2D eigenvalue weighted by Crippen LogP contribution is 2.30. The summed E-state index contributed by atoms with van der Waals surface area (Å²) in [6.07, 6.45) is 7.18. The lowest BCUT2D eigenvalue weighted by Gasteiger charge is -2.10.